The van der Waals surface area contributed by atoms with Gasteiger partial charge in [0.2, 0.25) is 11.8 Å². The number of aliphatic hydroxyl groups is 1. The number of benzene rings is 1. The molecule has 1 aromatic rings. The molecule has 3 aliphatic heterocycles. The first-order valence-electron chi connectivity index (χ1n) is 16.5. The quantitative estimate of drug-likeness (QED) is 0.282. The Balaban J connectivity index is 1.80. The number of nitrogens with zero attached hydrogens (tertiary/aromatic N) is 4. The van der Waals surface area contributed by atoms with Crippen molar-refractivity contribution in [3.63, 3.8) is 0 Å². The lowest BCUT2D eigenvalue weighted by Crippen LogP contribution is -2.60. The maximum Gasteiger partial charge on any atom is 0.253 e. The number of likely N-dealkylation sites (tertiary alicyclic amines) is 1. The maximum atomic E-state index is 14.9. The van der Waals surface area contributed by atoms with Crippen molar-refractivity contribution < 1.29 is 24.2 Å². The second-order valence-corrected chi connectivity index (χ2v) is 12.4. The van der Waals surface area contributed by atoms with E-state index in [-0.39, 0.29) is 36.8 Å². The molecule has 7 atom stereocenters. The van der Waals surface area contributed by atoms with Gasteiger partial charge in [-0.1, -0.05) is 39.3 Å². The summed E-state index contributed by atoms with van der Waals surface area (Å²) in [6.45, 7) is 20.6. The van der Waals surface area contributed by atoms with Crippen LogP contribution < -0.4 is 9.80 Å². The summed E-state index contributed by atoms with van der Waals surface area (Å²) >= 11 is 0. The van der Waals surface area contributed by atoms with Crippen LogP contribution in [-0.4, -0.2) is 95.7 Å². The number of anilines is 2. The molecule has 1 spiro atoms. The minimum Gasteiger partial charge on any atom is -0.394 e. The molecule has 2 unspecified atom stereocenters. The minimum atomic E-state index is -1.15. The second-order valence-electron chi connectivity index (χ2n) is 12.4. The van der Waals surface area contributed by atoms with E-state index >= 15 is 0 Å². The third-order valence-electron chi connectivity index (χ3n) is 10.1. The summed E-state index contributed by atoms with van der Waals surface area (Å²) in [6.07, 6.45) is 5.54. The van der Waals surface area contributed by atoms with E-state index < -0.39 is 35.6 Å². The van der Waals surface area contributed by atoms with E-state index in [0.29, 0.717) is 38.0 Å². The number of fused-ring (bicyclic) bond motifs is 1. The van der Waals surface area contributed by atoms with Crippen LogP contribution in [0.5, 0.6) is 0 Å². The number of amides is 3. The molecule has 9 nitrogen and oxygen atoms in total. The van der Waals surface area contributed by atoms with Crippen LogP contribution in [0.2, 0.25) is 0 Å². The van der Waals surface area contributed by atoms with E-state index in [9.17, 15) is 19.5 Å². The van der Waals surface area contributed by atoms with Gasteiger partial charge in [0.05, 0.1) is 30.6 Å². The predicted molar refractivity (Wildman–Crippen MR) is 174 cm³/mol. The van der Waals surface area contributed by atoms with Gasteiger partial charge in [0.15, 0.2) is 0 Å². The first kappa shape index (κ1) is 33.7. The molecule has 3 amide bonds. The van der Waals surface area contributed by atoms with Gasteiger partial charge in [-0.25, -0.2) is 0 Å². The number of carbonyl (C=O) groups is 3. The summed E-state index contributed by atoms with van der Waals surface area (Å²) < 4.78 is 6.71. The fourth-order valence-electron chi connectivity index (χ4n) is 7.78. The topological polar surface area (TPSA) is 93.6 Å². The molecule has 1 N–H and O–H groups in total. The van der Waals surface area contributed by atoms with E-state index in [1.807, 2.05) is 45.0 Å². The highest BCUT2D eigenvalue weighted by atomic mass is 16.5. The largest absolute Gasteiger partial charge is 0.394 e. The van der Waals surface area contributed by atoms with Crippen molar-refractivity contribution in [3.8, 4) is 0 Å². The highest BCUT2D eigenvalue weighted by Gasteiger charge is 2.75. The average Bonchev–Trinajstić information content (AvgIpc) is 3.68. The summed E-state index contributed by atoms with van der Waals surface area (Å²) in [4.78, 5) is 50.8. The van der Waals surface area contributed by atoms with Crippen molar-refractivity contribution in [3.05, 3.63) is 49.6 Å². The molecule has 2 bridgehead atoms. The smallest absolute Gasteiger partial charge is 0.253 e. The highest BCUT2D eigenvalue weighted by molar-refractivity contribution is 6.05. The third-order valence-corrected chi connectivity index (χ3v) is 10.1. The van der Waals surface area contributed by atoms with Gasteiger partial charge in [0.1, 0.15) is 11.6 Å². The molecule has 0 saturated carbocycles. The molecule has 4 rings (SSSR count). The van der Waals surface area contributed by atoms with E-state index in [4.69, 9.17) is 4.74 Å². The molecular formula is C35H52N4O5. The summed E-state index contributed by atoms with van der Waals surface area (Å²) in [6, 6.07) is 6.31. The summed E-state index contributed by atoms with van der Waals surface area (Å²) in [5.41, 5.74) is 0.614. The van der Waals surface area contributed by atoms with Crippen molar-refractivity contribution in [1.82, 2.24) is 9.80 Å². The summed E-state index contributed by atoms with van der Waals surface area (Å²) in [7, 11) is 0. The van der Waals surface area contributed by atoms with Crippen LogP contribution in [-0.2, 0) is 19.1 Å². The van der Waals surface area contributed by atoms with Gasteiger partial charge in [-0.05, 0) is 63.3 Å². The van der Waals surface area contributed by atoms with E-state index in [1.54, 1.807) is 26.9 Å². The van der Waals surface area contributed by atoms with Gasteiger partial charge in [-0.2, -0.15) is 0 Å². The predicted octanol–water partition coefficient (Wildman–Crippen LogP) is 4.26. The number of rotatable bonds is 16. The van der Waals surface area contributed by atoms with E-state index in [1.165, 1.54) is 0 Å². The Hall–Kier alpha value is -3.17. The summed E-state index contributed by atoms with van der Waals surface area (Å²) in [5.74, 6) is -2.21. The number of hydrogen-bond acceptors (Lipinski definition) is 6. The zero-order valence-electron chi connectivity index (χ0n) is 27.3. The van der Waals surface area contributed by atoms with Crippen LogP contribution in [0.3, 0.4) is 0 Å². The Bertz CT molecular complexity index is 1200. The lowest BCUT2D eigenvalue weighted by atomic mass is 9.70. The third kappa shape index (κ3) is 5.69. The standard InChI is InChI=1S/C35H52N4O5/c1-8-20-37(21-9-2)32(41)29-28-18-19-35(44-28)30(29)33(42)39(27(23-40)24(7)11-4)31(35)34(43)38(22-10-3)26-16-14-25(15-17-26)36(12-5)13-6/h8,10,14-17,24,27-31,40H,1,3,9,11-13,18-23H2,2,4-7H3/t24-,27-,28-,29+,30-,31?,35?/m0/s1. The molecule has 0 aliphatic carbocycles. The fraction of sp³-hybridized carbons (Fsp3) is 0.629. The molecule has 3 fully saturated rings. The first-order valence-corrected chi connectivity index (χ1v) is 16.5. The van der Waals surface area contributed by atoms with Crippen molar-refractivity contribution in [2.75, 3.05) is 49.1 Å². The number of aliphatic hydroxyl groups excluding tert-OH is 1. The van der Waals surface area contributed by atoms with Gasteiger partial charge in [0, 0.05) is 44.1 Å². The molecular weight excluding hydrogens is 556 g/mol. The van der Waals surface area contributed by atoms with Gasteiger partial charge < -0.3 is 29.4 Å². The number of ether oxygens (including phenoxy) is 1. The Kier molecular flexibility index (Phi) is 10.9. The molecule has 9 heteroatoms. The SMILES string of the molecule is C=CCN(CCC)C(=O)[C@@H]1[C@@H]2CCC3(O2)C(C(=O)N(CC=C)c2ccc(N(CC)CC)cc2)N([C@@H](CO)[C@@H](C)CC)C(=O)[C@H]13. The van der Waals surface area contributed by atoms with Crippen LogP contribution in [0.25, 0.3) is 0 Å². The van der Waals surface area contributed by atoms with Crippen molar-refractivity contribution in [2.24, 2.45) is 17.8 Å². The van der Waals surface area contributed by atoms with Gasteiger partial charge in [0.25, 0.3) is 5.91 Å². The molecule has 1 aromatic carbocycles. The zero-order valence-corrected chi connectivity index (χ0v) is 27.3. The Morgan fingerprint density at radius 2 is 1.70 bits per heavy atom. The van der Waals surface area contributed by atoms with Crippen LogP contribution in [0.4, 0.5) is 11.4 Å². The maximum absolute atomic E-state index is 14.9. The fourth-order valence-corrected chi connectivity index (χ4v) is 7.78. The van der Waals surface area contributed by atoms with Gasteiger partial charge in [-0.15, -0.1) is 13.2 Å². The lowest BCUT2D eigenvalue weighted by Gasteiger charge is -2.41. The van der Waals surface area contributed by atoms with Crippen molar-refractivity contribution in [2.45, 2.75) is 84.1 Å². The van der Waals surface area contributed by atoms with Crippen LogP contribution in [0, 0.1) is 17.8 Å². The highest BCUT2D eigenvalue weighted by Crippen LogP contribution is 2.59. The zero-order chi connectivity index (χ0) is 32.2. The molecule has 0 radical (unpaired) electrons. The Morgan fingerprint density at radius 3 is 2.25 bits per heavy atom. The minimum absolute atomic E-state index is 0.0700. The molecule has 0 aromatic heterocycles. The number of carbonyl (C=O) groups excluding carboxylic acids is 3. The molecule has 3 heterocycles. The molecule has 242 valence electrons. The second kappa shape index (κ2) is 14.3. The van der Waals surface area contributed by atoms with E-state index in [0.717, 1.165) is 25.2 Å². The molecule has 44 heavy (non-hydrogen) atoms. The average molecular weight is 609 g/mol. The Labute approximate surface area is 263 Å². The van der Waals surface area contributed by atoms with Crippen LogP contribution in [0.15, 0.2) is 49.6 Å². The van der Waals surface area contributed by atoms with Crippen molar-refractivity contribution >= 4 is 29.1 Å². The van der Waals surface area contributed by atoms with Gasteiger partial charge in [-0.3, -0.25) is 14.4 Å². The number of hydrogen-bond donors (Lipinski definition) is 1. The first-order chi connectivity index (χ1) is 21.2. The molecule has 3 aliphatic rings. The normalized spacial score (nSPS) is 26.7. The monoisotopic (exact) mass is 608 g/mol. The van der Waals surface area contributed by atoms with Crippen LogP contribution in [0.1, 0.15) is 60.3 Å². The van der Waals surface area contributed by atoms with Crippen LogP contribution >= 0.6 is 0 Å². The van der Waals surface area contributed by atoms with E-state index in [2.05, 4.69) is 31.9 Å². The summed E-state index contributed by atoms with van der Waals surface area (Å²) in [5, 5.41) is 10.7. The van der Waals surface area contributed by atoms with Crippen molar-refractivity contribution in [1.29, 1.82) is 0 Å². The Morgan fingerprint density at radius 1 is 1.07 bits per heavy atom. The lowest BCUT2D eigenvalue weighted by molar-refractivity contribution is -0.148. The molecule has 3 saturated heterocycles. The van der Waals surface area contributed by atoms with Gasteiger partial charge >= 0.3 is 0 Å².